The van der Waals surface area contributed by atoms with E-state index < -0.39 is 35.9 Å². The number of aromatic nitrogens is 3. The van der Waals surface area contributed by atoms with Gasteiger partial charge in [0.05, 0.1) is 12.5 Å². The van der Waals surface area contributed by atoms with Gasteiger partial charge < -0.3 is 24.7 Å². The summed E-state index contributed by atoms with van der Waals surface area (Å²) in [6.07, 6.45) is -0.213. The summed E-state index contributed by atoms with van der Waals surface area (Å²) in [4.78, 5) is 27.5. The third kappa shape index (κ3) is 6.82. The van der Waals surface area contributed by atoms with Gasteiger partial charge in [0.25, 0.3) is 6.29 Å². The number of primary amides is 1. The van der Waals surface area contributed by atoms with Gasteiger partial charge in [-0.05, 0) is 30.2 Å². The molecule has 0 bridgehead atoms. The molecule has 3 unspecified atom stereocenters. The van der Waals surface area contributed by atoms with Crippen molar-refractivity contribution in [2.24, 2.45) is 17.1 Å². The standard InChI is InChI=1S/C26H32N4O6/c1-5-33-15-22(26(3,4)24(34-18(2)31)36-25(27)32)23(30-17-28-16-29-30)35-21-13-11-20(12-14-21)19-9-7-6-8-10-19/h6-14,16-17,22-24H,5,15H2,1-4H3,(H2,27,32). The third-order valence-corrected chi connectivity index (χ3v) is 5.82. The Morgan fingerprint density at radius 2 is 1.69 bits per heavy atom. The second-order valence-corrected chi connectivity index (χ2v) is 8.74. The number of carbonyl (C=O) groups excluding carboxylic acids is 2. The van der Waals surface area contributed by atoms with Crippen molar-refractivity contribution in [1.82, 2.24) is 14.8 Å². The number of ether oxygens (including phenoxy) is 4. The van der Waals surface area contributed by atoms with E-state index in [9.17, 15) is 9.59 Å². The highest BCUT2D eigenvalue weighted by Crippen LogP contribution is 2.41. The molecule has 10 heteroatoms. The maximum Gasteiger partial charge on any atom is 0.407 e. The second-order valence-electron chi connectivity index (χ2n) is 8.74. The van der Waals surface area contributed by atoms with Crippen molar-refractivity contribution in [3.8, 4) is 16.9 Å². The van der Waals surface area contributed by atoms with Gasteiger partial charge in [-0.15, -0.1) is 0 Å². The maximum atomic E-state index is 11.8. The third-order valence-electron chi connectivity index (χ3n) is 5.82. The lowest BCUT2D eigenvalue weighted by Crippen LogP contribution is -2.49. The number of nitrogens with zero attached hydrogens (tertiary/aromatic N) is 3. The van der Waals surface area contributed by atoms with E-state index in [0.29, 0.717) is 12.4 Å². The summed E-state index contributed by atoms with van der Waals surface area (Å²) in [5.74, 6) is -0.580. The van der Waals surface area contributed by atoms with E-state index in [1.165, 1.54) is 19.6 Å². The molecule has 0 aliphatic carbocycles. The number of amides is 1. The first-order valence-electron chi connectivity index (χ1n) is 11.6. The van der Waals surface area contributed by atoms with Crippen LogP contribution < -0.4 is 10.5 Å². The molecule has 10 nitrogen and oxygen atoms in total. The van der Waals surface area contributed by atoms with E-state index in [1.807, 2.05) is 61.5 Å². The van der Waals surface area contributed by atoms with Crippen LogP contribution in [-0.2, 0) is 19.0 Å². The van der Waals surface area contributed by atoms with Crippen LogP contribution in [-0.4, -0.2) is 46.3 Å². The van der Waals surface area contributed by atoms with Crippen LogP contribution in [0.4, 0.5) is 4.79 Å². The second kappa shape index (κ2) is 12.2. The van der Waals surface area contributed by atoms with Gasteiger partial charge in [0.15, 0.2) is 6.23 Å². The number of nitrogens with two attached hydrogens (primary N) is 1. The highest BCUT2D eigenvalue weighted by Gasteiger charge is 2.48. The highest BCUT2D eigenvalue weighted by molar-refractivity contribution is 5.67. The number of esters is 1. The molecule has 2 aromatic carbocycles. The minimum Gasteiger partial charge on any atom is -0.468 e. The Morgan fingerprint density at radius 1 is 1.03 bits per heavy atom. The first kappa shape index (κ1) is 26.7. The summed E-state index contributed by atoms with van der Waals surface area (Å²) in [5, 5.41) is 4.29. The molecular weight excluding hydrogens is 464 g/mol. The lowest BCUT2D eigenvalue weighted by Gasteiger charge is -2.41. The average Bonchev–Trinajstić information content (AvgIpc) is 3.38. The maximum absolute atomic E-state index is 11.8. The minimum atomic E-state index is -1.30. The van der Waals surface area contributed by atoms with E-state index >= 15 is 0 Å². The molecule has 0 fully saturated rings. The first-order chi connectivity index (χ1) is 17.2. The smallest absolute Gasteiger partial charge is 0.407 e. The fraction of sp³-hybridized carbons (Fsp3) is 0.385. The molecule has 0 spiro atoms. The number of rotatable bonds is 12. The Hall–Kier alpha value is -3.92. The molecule has 2 N–H and O–H groups in total. The SMILES string of the molecule is CCOCC(C(Oc1ccc(-c2ccccc2)cc1)n1cncn1)C(C)(C)C(OC(C)=O)OC(N)=O. The quantitative estimate of drug-likeness (QED) is 0.292. The molecule has 0 saturated carbocycles. The highest BCUT2D eigenvalue weighted by atomic mass is 16.7. The average molecular weight is 497 g/mol. The minimum absolute atomic E-state index is 0.177. The number of hydrogen-bond acceptors (Lipinski definition) is 8. The number of benzene rings is 2. The van der Waals surface area contributed by atoms with Crippen LogP contribution in [0.15, 0.2) is 67.3 Å². The Kier molecular flexibility index (Phi) is 9.02. The summed E-state index contributed by atoms with van der Waals surface area (Å²) in [6, 6.07) is 17.6. The Morgan fingerprint density at radius 3 is 2.25 bits per heavy atom. The molecular formula is C26H32N4O6. The molecule has 0 saturated heterocycles. The molecule has 3 rings (SSSR count). The molecule has 0 aliphatic rings. The van der Waals surface area contributed by atoms with Crippen LogP contribution in [0.2, 0.25) is 0 Å². The van der Waals surface area contributed by atoms with Gasteiger partial charge in [-0.2, -0.15) is 5.10 Å². The van der Waals surface area contributed by atoms with Crippen molar-refractivity contribution in [1.29, 1.82) is 0 Å². The van der Waals surface area contributed by atoms with Crippen molar-refractivity contribution in [3.63, 3.8) is 0 Å². The van der Waals surface area contributed by atoms with Gasteiger partial charge in [-0.3, -0.25) is 4.79 Å². The van der Waals surface area contributed by atoms with Crippen molar-refractivity contribution in [3.05, 3.63) is 67.3 Å². The molecule has 3 aromatic rings. The van der Waals surface area contributed by atoms with Gasteiger partial charge in [-0.1, -0.05) is 56.3 Å². The molecule has 36 heavy (non-hydrogen) atoms. The van der Waals surface area contributed by atoms with Crippen LogP contribution in [0.1, 0.15) is 33.9 Å². The Balaban J connectivity index is 1.97. The molecule has 192 valence electrons. The zero-order chi connectivity index (χ0) is 26.1. The van der Waals surface area contributed by atoms with Gasteiger partial charge in [0, 0.05) is 18.9 Å². The molecule has 0 radical (unpaired) electrons. The fourth-order valence-corrected chi connectivity index (χ4v) is 3.83. The largest absolute Gasteiger partial charge is 0.468 e. The summed E-state index contributed by atoms with van der Waals surface area (Å²) in [6.45, 7) is 7.25. The normalized spacial score (nSPS) is 13.9. The summed E-state index contributed by atoms with van der Waals surface area (Å²) in [5.41, 5.74) is 6.38. The zero-order valence-corrected chi connectivity index (χ0v) is 20.9. The summed E-state index contributed by atoms with van der Waals surface area (Å²) in [7, 11) is 0. The van der Waals surface area contributed by atoms with Crippen LogP contribution in [0.3, 0.4) is 0 Å². The van der Waals surface area contributed by atoms with Crippen LogP contribution in [0, 0.1) is 11.3 Å². The molecule has 1 aromatic heterocycles. The lowest BCUT2D eigenvalue weighted by atomic mass is 9.77. The predicted octanol–water partition coefficient (Wildman–Crippen LogP) is 4.19. The van der Waals surface area contributed by atoms with E-state index in [-0.39, 0.29) is 6.61 Å². The molecule has 1 heterocycles. The molecule has 0 aliphatic heterocycles. The molecule has 1 amide bonds. The predicted molar refractivity (Wildman–Crippen MR) is 132 cm³/mol. The summed E-state index contributed by atoms with van der Waals surface area (Å²) < 4.78 is 24.3. The van der Waals surface area contributed by atoms with Gasteiger partial charge in [0.1, 0.15) is 18.4 Å². The number of hydrogen-bond donors (Lipinski definition) is 1. The van der Waals surface area contributed by atoms with Crippen LogP contribution >= 0.6 is 0 Å². The van der Waals surface area contributed by atoms with E-state index in [4.69, 9.17) is 24.7 Å². The van der Waals surface area contributed by atoms with Gasteiger partial charge >= 0.3 is 12.1 Å². The Bertz CT molecular complexity index is 1090. The van der Waals surface area contributed by atoms with E-state index in [1.54, 1.807) is 18.5 Å². The number of carbonyl (C=O) groups is 2. The van der Waals surface area contributed by atoms with Gasteiger partial charge in [0.2, 0.25) is 0 Å². The Labute approximate surface area is 210 Å². The lowest BCUT2D eigenvalue weighted by molar-refractivity contribution is -0.207. The van der Waals surface area contributed by atoms with Crippen molar-refractivity contribution < 1.29 is 28.5 Å². The first-order valence-corrected chi connectivity index (χ1v) is 11.6. The van der Waals surface area contributed by atoms with Crippen molar-refractivity contribution in [2.45, 2.75) is 40.2 Å². The van der Waals surface area contributed by atoms with Crippen LogP contribution in [0.5, 0.6) is 5.75 Å². The summed E-state index contributed by atoms with van der Waals surface area (Å²) >= 11 is 0. The topological polar surface area (TPSA) is 128 Å². The monoisotopic (exact) mass is 496 g/mol. The fourth-order valence-electron chi connectivity index (χ4n) is 3.83. The van der Waals surface area contributed by atoms with Crippen molar-refractivity contribution >= 4 is 12.1 Å². The molecule has 3 atom stereocenters. The van der Waals surface area contributed by atoms with E-state index in [2.05, 4.69) is 10.1 Å². The van der Waals surface area contributed by atoms with Crippen molar-refractivity contribution in [2.75, 3.05) is 13.2 Å². The zero-order valence-electron chi connectivity index (χ0n) is 20.9. The van der Waals surface area contributed by atoms with Gasteiger partial charge in [-0.25, -0.2) is 14.5 Å². The van der Waals surface area contributed by atoms with Crippen LogP contribution in [0.25, 0.3) is 11.1 Å². The van der Waals surface area contributed by atoms with E-state index in [0.717, 1.165) is 11.1 Å².